The smallest absolute Gasteiger partial charge is 0.338 e. The molecule has 0 fully saturated rings. The molecule has 0 heterocycles. The van der Waals surface area contributed by atoms with E-state index in [2.05, 4.69) is 10.6 Å². The Labute approximate surface area is 143 Å². The Hall–Kier alpha value is -2.86. The zero-order chi connectivity index (χ0) is 17.4. The van der Waals surface area contributed by atoms with Gasteiger partial charge in [-0.1, -0.05) is 48.0 Å². The molecule has 0 radical (unpaired) electrons. The van der Waals surface area contributed by atoms with Crippen molar-refractivity contribution < 1.29 is 19.1 Å². The molecule has 0 aliphatic rings. The fraction of sp³-hybridized carbons (Fsp3) is 0.118. The first-order chi connectivity index (χ1) is 11.5. The highest BCUT2D eigenvalue weighted by Gasteiger charge is 2.12. The molecular weight excluding hydrogens is 332 g/mol. The molecule has 0 saturated carbocycles. The minimum atomic E-state index is -0.726. The summed E-state index contributed by atoms with van der Waals surface area (Å²) in [5, 5.41) is 4.99. The number of ether oxygens (including phenoxy) is 1. The van der Waals surface area contributed by atoms with Crippen molar-refractivity contribution in [2.45, 2.75) is 6.54 Å². The molecule has 0 spiro atoms. The van der Waals surface area contributed by atoms with Crippen LogP contribution in [0.4, 0.5) is 4.79 Å². The van der Waals surface area contributed by atoms with Gasteiger partial charge in [0.15, 0.2) is 6.61 Å². The summed E-state index contributed by atoms with van der Waals surface area (Å²) in [5.74, 6) is -1.42. The molecule has 6 nitrogen and oxygen atoms in total. The Morgan fingerprint density at radius 1 is 1.00 bits per heavy atom. The normalized spacial score (nSPS) is 9.88. The summed E-state index contributed by atoms with van der Waals surface area (Å²) in [7, 11) is 0. The van der Waals surface area contributed by atoms with Crippen LogP contribution in [0.3, 0.4) is 0 Å². The van der Waals surface area contributed by atoms with Gasteiger partial charge in [0.1, 0.15) is 0 Å². The van der Waals surface area contributed by atoms with Gasteiger partial charge >= 0.3 is 12.0 Å². The molecule has 2 aromatic rings. The van der Waals surface area contributed by atoms with Crippen molar-refractivity contribution in [3.8, 4) is 0 Å². The van der Waals surface area contributed by atoms with Crippen LogP contribution in [0.15, 0.2) is 54.6 Å². The van der Waals surface area contributed by atoms with E-state index in [-0.39, 0.29) is 12.1 Å². The molecule has 2 aromatic carbocycles. The van der Waals surface area contributed by atoms with Crippen molar-refractivity contribution in [3.63, 3.8) is 0 Å². The van der Waals surface area contributed by atoms with Crippen molar-refractivity contribution >= 4 is 29.5 Å². The van der Waals surface area contributed by atoms with Gasteiger partial charge < -0.3 is 10.1 Å². The fourth-order valence-electron chi connectivity index (χ4n) is 1.81. The first kappa shape index (κ1) is 17.5. The number of rotatable bonds is 5. The highest BCUT2D eigenvalue weighted by molar-refractivity contribution is 6.30. The second-order valence-corrected chi connectivity index (χ2v) is 5.24. The van der Waals surface area contributed by atoms with Crippen LogP contribution in [0, 0.1) is 0 Å². The third kappa shape index (κ3) is 5.73. The summed E-state index contributed by atoms with van der Waals surface area (Å²) in [6, 6.07) is 14.7. The number of urea groups is 1. The molecule has 0 atom stereocenters. The molecule has 0 aliphatic carbocycles. The number of benzene rings is 2. The first-order valence-electron chi connectivity index (χ1n) is 7.09. The van der Waals surface area contributed by atoms with Gasteiger partial charge in [-0.15, -0.1) is 0 Å². The molecule has 0 unspecified atom stereocenters. The number of hydrogen-bond acceptors (Lipinski definition) is 4. The van der Waals surface area contributed by atoms with Gasteiger partial charge in [-0.3, -0.25) is 10.1 Å². The molecular formula is C17H15ClN2O4. The molecule has 124 valence electrons. The van der Waals surface area contributed by atoms with Crippen molar-refractivity contribution in [3.05, 3.63) is 70.7 Å². The lowest BCUT2D eigenvalue weighted by atomic mass is 10.2. The summed E-state index contributed by atoms with van der Waals surface area (Å²) < 4.78 is 4.82. The van der Waals surface area contributed by atoms with Gasteiger partial charge in [0.25, 0.3) is 5.91 Å². The molecule has 2 rings (SSSR count). The molecule has 0 bridgehead atoms. The van der Waals surface area contributed by atoms with Gasteiger partial charge in [0.05, 0.1) is 5.56 Å². The van der Waals surface area contributed by atoms with Gasteiger partial charge in [0, 0.05) is 11.6 Å². The van der Waals surface area contributed by atoms with Crippen LogP contribution in [0.2, 0.25) is 5.02 Å². The maximum atomic E-state index is 11.7. The van der Waals surface area contributed by atoms with Crippen molar-refractivity contribution in [2.75, 3.05) is 6.61 Å². The third-order valence-electron chi connectivity index (χ3n) is 2.94. The zero-order valence-corrected chi connectivity index (χ0v) is 13.4. The van der Waals surface area contributed by atoms with Gasteiger partial charge in [0.2, 0.25) is 0 Å². The Bertz CT molecular complexity index is 734. The van der Waals surface area contributed by atoms with E-state index in [0.29, 0.717) is 5.02 Å². The predicted molar refractivity (Wildman–Crippen MR) is 88.6 cm³/mol. The monoisotopic (exact) mass is 346 g/mol. The first-order valence-corrected chi connectivity index (χ1v) is 7.46. The van der Waals surface area contributed by atoms with Crippen LogP contribution in [-0.2, 0) is 16.1 Å². The maximum Gasteiger partial charge on any atom is 0.338 e. The van der Waals surface area contributed by atoms with Gasteiger partial charge in [-0.2, -0.15) is 0 Å². The Morgan fingerprint density at radius 2 is 1.75 bits per heavy atom. The molecule has 7 heteroatoms. The Kier molecular flexibility index (Phi) is 6.33. The van der Waals surface area contributed by atoms with Gasteiger partial charge in [-0.25, -0.2) is 9.59 Å². The number of esters is 1. The van der Waals surface area contributed by atoms with E-state index in [1.807, 2.05) is 30.3 Å². The lowest BCUT2D eigenvalue weighted by Gasteiger charge is -2.07. The minimum Gasteiger partial charge on any atom is -0.452 e. The van der Waals surface area contributed by atoms with Crippen LogP contribution in [0.5, 0.6) is 0 Å². The predicted octanol–water partition coefficient (Wildman–Crippen LogP) is 2.52. The standard InChI is InChI=1S/C17H15ClN2O4/c18-14-8-4-7-13(9-14)16(22)24-11-15(21)20-17(23)19-10-12-5-2-1-3-6-12/h1-9H,10-11H2,(H2,19,20,21,23). The molecule has 0 aliphatic heterocycles. The van der Waals surface area contributed by atoms with E-state index in [4.69, 9.17) is 16.3 Å². The summed E-state index contributed by atoms with van der Waals surface area (Å²) in [4.78, 5) is 34.9. The molecule has 0 aromatic heterocycles. The molecule has 3 amide bonds. The molecule has 0 saturated heterocycles. The number of halogens is 1. The summed E-state index contributed by atoms with van der Waals surface area (Å²) in [6.07, 6.45) is 0. The van der Waals surface area contributed by atoms with Crippen molar-refractivity contribution in [1.29, 1.82) is 0 Å². The lowest BCUT2D eigenvalue weighted by molar-refractivity contribution is -0.123. The van der Waals surface area contributed by atoms with Crippen molar-refractivity contribution in [1.82, 2.24) is 10.6 Å². The number of imide groups is 1. The maximum absolute atomic E-state index is 11.7. The third-order valence-corrected chi connectivity index (χ3v) is 3.18. The minimum absolute atomic E-state index is 0.226. The molecule has 2 N–H and O–H groups in total. The highest BCUT2D eigenvalue weighted by atomic mass is 35.5. The Balaban J connectivity index is 1.72. The largest absolute Gasteiger partial charge is 0.452 e. The second-order valence-electron chi connectivity index (χ2n) is 4.80. The van der Waals surface area contributed by atoms with E-state index >= 15 is 0 Å². The zero-order valence-electron chi connectivity index (χ0n) is 12.6. The number of amides is 3. The summed E-state index contributed by atoms with van der Waals surface area (Å²) in [5.41, 5.74) is 1.12. The van der Waals surface area contributed by atoms with E-state index in [0.717, 1.165) is 5.56 Å². The highest BCUT2D eigenvalue weighted by Crippen LogP contribution is 2.11. The van der Waals surface area contributed by atoms with E-state index in [9.17, 15) is 14.4 Å². The van der Waals surface area contributed by atoms with Gasteiger partial charge in [-0.05, 0) is 23.8 Å². The van der Waals surface area contributed by atoms with Crippen LogP contribution >= 0.6 is 11.6 Å². The van der Waals surface area contributed by atoms with E-state index in [1.54, 1.807) is 12.1 Å². The lowest BCUT2D eigenvalue weighted by Crippen LogP contribution is -2.41. The van der Waals surface area contributed by atoms with Crippen LogP contribution in [0.25, 0.3) is 0 Å². The number of carbonyl (C=O) groups excluding carboxylic acids is 3. The van der Waals surface area contributed by atoms with Crippen LogP contribution < -0.4 is 10.6 Å². The van der Waals surface area contributed by atoms with Crippen LogP contribution in [0.1, 0.15) is 15.9 Å². The van der Waals surface area contributed by atoms with Crippen molar-refractivity contribution in [2.24, 2.45) is 0 Å². The topological polar surface area (TPSA) is 84.5 Å². The SMILES string of the molecule is O=C(COC(=O)c1cccc(Cl)c1)NC(=O)NCc1ccccc1. The van der Waals surface area contributed by atoms with E-state index < -0.39 is 24.5 Å². The fourth-order valence-corrected chi connectivity index (χ4v) is 2.01. The Morgan fingerprint density at radius 3 is 2.46 bits per heavy atom. The summed E-state index contributed by atoms with van der Waals surface area (Å²) in [6.45, 7) is -0.285. The summed E-state index contributed by atoms with van der Waals surface area (Å²) >= 11 is 5.77. The number of nitrogens with one attached hydrogen (secondary N) is 2. The molecule has 24 heavy (non-hydrogen) atoms. The number of carbonyl (C=O) groups is 3. The number of hydrogen-bond donors (Lipinski definition) is 2. The second kappa shape index (κ2) is 8.69. The van der Waals surface area contributed by atoms with Crippen LogP contribution in [-0.4, -0.2) is 24.5 Å². The quantitative estimate of drug-likeness (QED) is 0.815. The van der Waals surface area contributed by atoms with E-state index in [1.165, 1.54) is 12.1 Å². The average Bonchev–Trinajstić information content (AvgIpc) is 2.59. The average molecular weight is 347 g/mol.